The minimum absolute atomic E-state index is 0.127. The van der Waals surface area contributed by atoms with Gasteiger partial charge in [0.25, 0.3) is 0 Å². The van der Waals surface area contributed by atoms with Crippen LogP contribution in [0.15, 0.2) is 12.1 Å². The van der Waals surface area contributed by atoms with Crippen LogP contribution in [0.2, 0.25) is 0 Å². The number of rotatable bonds is 3. The normalized spacial score (nSPS) is 21.7. The summed E-state index contributed by atoms with van der Waals surface area (Å²) in [5, 5.41) is 3.44. The molecule has 100 valence electrons. The van der Waals surface area contributed by atoms with Gasteiger partial charge in [-0.1, -0.05) is 6.07 Å². The molecule has 2 atom stereocenters. The van der Waals surface area contributed by atoms with Crippen molar-refractivity contribution in [3.05, 3.63) is 28.8 Å². The lowest BCUT2D eigenvalue weighted by Gasteiger charge is -2.30. The van der Waals surface area contributed by atoms with Gasteiger partial charge in [0.1, 0.15) is 5.75 Å². The van der Waals surface area contributed by atoms with Gasteiger partial charge in [-0.3, -0.25) is 0 Å². The Morgan fingerprint density at radius 3 is 2.72 bits per heavy atom. The van der Waals surface area contributed by atoms with Crippen LogP contribution in [0.1, 0.15) is 35.6 Å². The second-order valence-corrected chi connectivity index (χ2v) is 5.24. The first kappa shape index (κ1) is 13.4. The quantitative estimate of drug-likeness (QED) is 0.863. The third-order valence-electron chi connectivity index (χ3n) is 4.20. The molecule has 0 radical (unpaired) electrons. The topological polar surface area (TPSA) is 47.3 Å². The molecule has 3 heteroatoms. The maximum atomic E-state index is 6.45. The highest BCUT2D eigenvalue weighted by Crippen LogP contribution is 2.31. The fourth-order valence-electron chi connectivity index (χ4n) is 2.84. The molecule has 1 heterocycles. The maximum absolute atomic E-state index is 6.45. The molecule has 18 heavy (non-hydrogen) atoms. The largest absolute Gasteiger partial charge is 0.496 e. The van der Waals surface area contributed by atoms with Gasteiger partial charge in [0.15, 0.2) is 0 Å². The summed E-state index contributed by atoms with van der Waals surface area (Å²) in [6.07, 6.45) is 2.45. The van der Waals surface area contributed by atoms with E-state index in [-0.39, 0.29) is 6.04 Å². The Labute approximate surface area is 110 Å². The van der Waals surface area contributed by atoms with Crippen molar-refractivity contribution in [2.45, 2.75) is 32.7 Å². The highest BCUT2D eigenvalue weighted by atomic mass is 16.5. The number of benzene rings is 1. The molecule has 0 bridgehead atoms. The molecule has 3 N–H and O–H groups in total. The number of methoxy groups -OCH3 is 1. The predicted octanol–water partition coefficient (Wildman–Crippen LogP) is 2.31. The number of nitrogens with two attached hydrogens (primary N) is 1. The molecule has 3 nitrogen and oxygen atoms in total. The number of ether oxygens (including phenoxy) is 1. The van der Waals surface area contributed by atoms with Crippen molar-refractivity contribution >= 4 is 0 Å². The summed E-state index contributed by atoms with van der Waals surface area (Å²) in [6.45, 7) is 6.41. The van der Waals surface area contributed by atoms with E-state index in [9.17, 15) is 0 Å². The summed E-state index contributed by atoms with van der Waals surface area (Å²) in [4.78, 5) is 0. The lowest BCUT2D eigenvalue weighted by molar-refractivity contribution is 0.325. The van der Waals surface area contributed by atoms with Crippen LogP contribution in [0, 0.1) is 19.8 Å². The standard InChI is InChI=1S/C15H24N2O/c1-10-11(2)14(18-3)7-6-13(10)15(16)12-5-4-8-17-9-12/h6-7,12,15,17H,4-5,8-9,16H2,1-3H3. The molecule has 0 saturated carbocycles. The van der Waals surface area contributed by atoms with Gasteiger partial charge in [0, 0.05) is 6.04 Å². The zero-order chi connectivity index (χ0) is 13.1. The molecule has 0 aliphatic carbocycles. The minimum Gasteiger partial charge on any atom is -0.496 e. The van der Waals surface area contributed by atoms with Gasteiger partial charge in [0.2, 0.25) is 0 Å². The first-order valence-electron chi connectivity index (χ1n) is 6.75. The Bertz CT molecular complexity index is 411. The van der Waals surface area contributed by atoms with Crippen molar-refractivity contribution in [1.82, 2.24) is 5.32 Å². The molecule has 1 aliphatic heterocycles. The van der Waals surface area contributed by atoms with Crippen LogP contribution in [-0.4, -0.2) is 20.2 Å². The second kappa shape index (κ2) is 5.72. The van der Waals surface area contributed by atoms with Gasteiger partial charge in [-0.25, -0.2) is 0 Å². The molecule has 1 saturated heterocycles. The Balaban J connectivity index is 2.24. The van der Waals surface area contributed by atoms with E-state index in [0.29, 0.717) is 5.92 Å². The summed E-state index contributed by atoms with van der Waals surface area (Å²) >= 11 is 0. The Hall–Kier alpha value is -1.06. The van der Waals surface area contributed by atoms with Crippen molar-refractivity contribution < 1.29 is 4.74 Å². The highest BCUT2D eigenvalue weighted by Gasteiger charge is 2.23. The van der Waals surface area contributed by atoms with E-state index in [1.165, 1.54) is 29.5 Å². The van der Waals surface area contributed by atoms with Gasteiger partial charge in [0.05, 0.1) is 7.11 Å². The maximum Gasteiger partial charge on any atom is 0.122 e. The Morgan fingerprint density at radius 1 is 1.33 bits per heavy atom. The summed E-state index contributed by atoms with van der Waals surface area (Å²) in [6, 6.07) is 4.29. The summed E-state index contributed by atoms with van der Waals surface area (Å²) in [5.41, 5.74) is 10.2. The van der Waals surface area contributed by atoms with Crippen LogP contribution in [0.5, 0.6) is 5.75 Å². The zero-order valence-electron chi connectivity index (χ0n) is 11.6. The van der Waals surface area contributed by atoms with Crippen LogP contribution in [0.25, 0.3) is 0 Å². The van der Waals surface area contributed by atoms with Crippen LogP contribution in [0.4, 0.5) is 0 Å². The molecule has 1 aromatic rings. The molecule has 0 aromatic heterocycles. The number of hydrogen-bond donors (Lipinski definition) is 2. The molecule has 0 spiro atoms. The SMILES string of the molecule is COc1ccc(C(N)C2CCCNC2)c(C)c1C. The predicted molar refractivity (Wildman–Crippen MR) is 75.0 cm³/mol. The fraction of sp³-hybridized carbons (Fsp3) is 0.600. The third kappa shape index (κ3) is 2.52. The van der Waals surface area contributed by atoms with E-state index in [0.717, 1.165) is 18.8 Å². The lowest BCUT2D eigenvalue weighted by atomic mass is 9.85. The van der Waals surface area contributed by atoms with E-state index in [1.807, 2.05) is 6.07 Å². The summed E-state index contributed by atoms with van der Waals surface area (Å²) in [7, 11) is 1.71. The third-order valence-corrected chi connectivity index (χ3v) is 4.20. The van der Waals surface area contributed by atoms with Crippen molar-refractivity contribution in [2.75, 3.05) is 20.2 Å². The number of piperidine rings is 1. The van der Waals surface area contributed by atoms with Gasteiger partial charge in [-0.2, -0.15) is 0 Å². The molecule has 1 aliphatic rings. The van der Waals surface area contributed by atoms with Crippen molar-refractivity contribution in [3.8, 4) is 5.75 Å². The molecule has 1 fully saturated rings. The molecular weight excluding hydrogens is 224 g/mol. The van der Waals surface area contributed by atoms with E-state index in [1.54, 1.807) is 7.11 Å². The molecule has 0 amide bonds. The second-order valence-electron chi connectivity index (χ2n) is 5.24. The van der Waals surface area contributed by atoms with E-state index < -0.39 is 0 Å². The van der Waals surface area contributed by atoms with Crippen molar-refractivity contribution in [2.24, 2.45) is 11.7 Å². The van der Waals surface area contributed by atoms with E-state index >= 15 is 0 Å². The molecule has 2 rings (SSSR count). The van der Waals surface area contributed by atoms with Crippen LogP contribution >= 0.6 is 0 Å². The monoisotopic (exact) mass is 248 g/mol. The fourth-order valence-corrected chi connectivity index (χ4v) is 2.84. The van der Waals surface area contributed by atoms with Gasteiger partial charge in [-0.15, -0.1) is 0 Å². The zero-order valence-corrected chi connectivity index (χ0v) is 11.6. The molecule has 1 aromatic carbocycles. The van der Waals surface area contributed by atoms with Crippen molar-refractivity contribution in [1.29, 1.82) is 0 Å². The minimum atomic E-state index is 0.127. The summed E-state index contributed by atoms with van der Waals surface area (Å²) in [5.74, 6) is 1.50. The first-order valence-corrected chi connectivity index (χ1v) is 6.75. The average Bonchev–Trinajstić information content (AvgIpc) is 2.42. The smallest absolute Gasteiger partial charge is 0.122 e. The molecular formula is C15H24N2O. The number of hydrogen-bond acceptors (Lipinski definition) is 3. The van der Waals surface area contributed by atoms with E-state index in [2.05, 4.69) is 25.2 Å². The van der Waals surface area contributed by atoms with Gasteiger partial charge in [-0.05, 0) is 68.5 Å². The molecule has 2 unspecified atom stereocenters. The Kier molecular flexibility index (Phi) is 4.25. The van der Waals surface area contributed by atoms with Crippen LogP contribution < -0.4 is 15.8 Å². The first-order chi connectivity index (χ1) is 8.65. The van der Waals surface area contributed by atoms with Crippen molar-refractivity contribution in [3.63, 3.8) is 0 Å². The Morgan fingerprint density at radius 2 is 2.11 bits per heavy atom. The van der Waals surface area contributed by atoms with E-state index in [4.69, 9.17) is 10.5 Å². The highest BCUT2D eigenvalue weighted by molar-refractivity contribution is 5.44. The summed E-state index contributed by atoms with van der Waals surface area (Å²) < 4.78 is 5.35. The van der Waals surface area contributed by atoms with Gasteiger partial charge >= 0.3 is 0 Å². The van der Waals surface area contributed by atoms with Crippen LogP contribution in [0.3, 0.4) is 0 Å². The average molecular weight is 248 g/mol. The lowest BCUT2D eigenvalue weighted by Crippen LogP contribution is -2.36. The van der Waals surface area contributed by atoms with Crippen LogP contribution in [-0.2, 0) is 0 Å². The number of nitrogens with one attached hydrogen (secondary N) is 1. The van der Waals surface area contributed by atoms with Gasteiger partial charge < -0.3 is 15.8 Å².